The van der Waals surface area contributed by atoms with Crippen molar-refractivity contribution < 1.29 is 0 Å². The van der Waals surface area contributed by atoms with Crippen LogP contribution >= 0.6 is 23.3 Å². The normalized spacial score (nSPS) is 12.8. The van der Waals surface area contributed by atoms with Crippen LogP contribution in [0.25, 0.3) is 0 Å². The van der Waals surface area contributed by atoms with Crippen LogP contribution in [-0.4, -0.2) is 11.5 Å². The highest BCUT2D eigenvalue weighted by Crippen LogP contribution is 2.57. The first kappa shape index (κ1) is 11.1. The molecule has 13 heavy (non-hydrogen) atoms. The molecule has 0 bridgehead atoms. The van der Waals surface area contributed by atoms with Crippen LogP contribution in [0.3, 0.4) is 0 Å². The number of halogens is 1. The molecule has 0 radical (unpaired) electrons. The van der Waals surface area contributed by atoms with E-state index in [1.807, 2.05) is 0 Å². The molecule has 0 aliphatic carbocycles. The summed E-state index contributed by atoms with van der Waals surface area (Å²) in [5.41, 5.74) is 1.46. The predicted molar refractivity (Wildman–Crippen MR) is 67.7 cm³/mol. The van der Waals surface area contributed by atoms with Crippen LogP contribution < -0.4 is 0 Å². The van der Waals surface area contributed by atoms with Crippen molar-refractivity contribution in [1.82, 2.24) is 0 Å². The smallest absolute Gasteiger partial charge is 0.0115 e. The van der Waals surface area contributed by atoms with Crippen molar-refractivity contribution in [3.05, 3.63) is 35.9 Å². The van der Waals surface area contributed by atoms with Crippen LogP contribution in [0.4, 0.5) is 0 Å². The predicted octanol–water partition coefficient (Wildman–Crippen LogP) is 4.34. The minimum atomic E-state index is -0.555. The third-order valence-electron chi connectivity index (χ3n) is 2.30. The molecule has 0 nitrogen and oxygen atoms in total. The number of hydrogen-bond acceptors (Lipinski definition) is 0. The number of rotatable bonds is 4. The van der Waals surface area contributed by atoms with E-state index in [9.17, 15) is 0 Å². The van der Waals surface area contributed by atoms with Crippen molar-refractivity contribution in [3.63, 3.8) is 0 Å². The van der Waals surface area contributed by atoms with Gasteiger partial charge in [-0.15, -0.1) is 0 Å². The Labute approximate surface area is 90.3 Å². The lowest BCUT2D eigenvalue weighted by Crippen LogP contribution is -2.01. The maximum absolute atomic E-state index is 3.90. The zero-order chi connectivity index (χ0) is 9.73. The highest BCUT2D eigenvalue weighted by Gasteiger charge is 2.15. The first-order chi connectivity index (χ1) is 6.20. The molecule has 2 heteroatoms. The highest BCUT2D eigenvalue weighted by molar-refractivity contribution is 9.58. The third kappa shape index (κ3) is 3.35. The molecule has 74 valence electrons. The lowest BCUT2D eigenvalue weighted by Gasteiger charge is -2.30. The zero-order valence-electron chi connectivity index (χ0n) is 8.29. The minimum Gasteiger partial charge on any atom is -0.179 e. The molecule has 0 heterocycles. The van der Waals surface area contributed by atoms with Gasteiger partial charge in [0.05, 0.1) is 0 Å². The minimum absolute atomic E-state index is 0.555. The first-order valence-corrected chi connectivity index (χ1v) is 8.68. The average molecular weight is 261 g/mol. The fraction of sp³-hybridized carbons (Fsp3) is 0.455. The average Bonchev–Trinajstić information content (AvgIpc) is 2.19. The number of hydrogen-bond donors (Lipinski definition) is 0. The van der Waals surface area contributed by atoms with E-state index in [1.54, 1.807) is 0 Å². The zero-order valence-corrected chi connectivity index (χ0v) is 10.7. The summed E-state index contributed by atoms with van der Waals surface area (Å²) < 4.78 is 0. The van der Waals surface area contributed by atoms with E-state index in [0.29, 0.717) is 0 Å². The van der Waals surface area contributed by atoms with Gasteiger partial charge in [0.2, 0.25) is 0 Å². The second-order valence-corrected chi connectivity index (χ2v) is 10.6. The van der Waals surface area contributed by atoms with E-state index < -0.39 is 8.46 Å². The van der Waals surface area contributed by atoms with Gasteiger partial charge in [0, 0.05) is 5.75 Å². The van der Waals surface area contributed by atoms with Gasteiger partial charge in [-0.2, -0.15) is 8.46 Å². The summed E-state index contributed by atoms with van der Waals surface area (Å²) in [6, 6.07) is 10.7. The van der Waals surface area contributed by atoms with Gasteiger partial charge in [-0.25, -0.2) is 0 Å². The molecule has 1 aromatic rings. The van der Waals surface area contributed by atoms with E-state index in [-0.39, 0.29) is 0 Å². The molecule has 1 rings (SSSR count). The summed E-state index contributed by atoms with van der Waals surface area (Å²) in [6.45, 7) is 4.55. The van der Waals surface area contributed by atoms with E-state index in [4.69, 9.17) is 0 Å². The molecule has 0 aliphatic heterocycles. The van der Waals surface area contributed by atoms with E-state index in [2.05, 4.69) is 59.0 Å². The molecule has 0 atom stereocenters. The van der Waals surface area contributed by atoms with Gasteiger partial charge in [-0.1, -0.05) is 44.2 Å². The summed E-state index contributed by atoms with van der Waals surface area (Å²) in [5, 5.41) is 0. The largest absolute Gasteiger partial charge is 0.179 e. The van der Waals surface area contributed by atoms with Gasteiger partial charge in [0.25, 0.3) is 0 Å². The summed E-state index contributed by atoms with van der Waals surface area (Å²) in [7, 11) is -0.555. The Morgan fingerprint density at radius 2 is 1.62 bits per heavy atom. The molecule has 0 saturated carbocycles. The Balaban J connectivity index is 2.68. The Morgan fingerprint density at radius 1 is 1.08 bits per heavy atom. The molecule has 0 saturated heterocycles. The second kappa shape index (κ2) is 5.06. The van der Waals surface area contributed by atoms with Crippen molar-refractivity contribution in [2.45, 2.75) is 19.6 Å². The quantitative estimate of drug-likeness (QED) is 0.756. The fourth-order valence-corrected chi connectivity index (χ4v) is 3.68. The van der Waals surface area contributed by atoms with Crippen LogP contribution in [0.5, 0.6) is 0 Å². The monoisotopic (exact) mass is 260 g/mol. The van der Waals surface area contributed by atoms with Crippen LogP contribution in [0.1, 0.15) is 19.4 Å². The first-order valence-electron chi connectivity index (χ1n) is 4.70. The molecule has 0 aromatic heterocycles. The van der Waals surface area contributed by atoms with E-state index in [1.165, 1.54) is 22.8 Å². The molecule has 0 amide bonds. The van der Waals surface area contributed by atoms with Crippen molar-refractivity contribution >= 4 is 23.3 Å². The fourth-order valence-electron chi connectivity index (χ4n) is 1.28. The SMILES string of the molecule is CCS(Br)(CC)Cc1ccccc1. The molecular formula is C11H17BrS. The van der Waals surface area contributed by atoms with Crippen molar-refractivity contribution in [1.29, 1.82) is 0 Å². The van der Waals surface area contributed by atoms with Gasteiger partial charge in [-0.05, 0) is 31.9 Å². The lowest BCUT2D eigenvalue weighted by atomic mass is 10.2. The van der Waals surface area contributed by atoms with Crippen LogP contribution in [0, 0.1) is 0 Å². The van der Waals surface area contributed by atoms with Crippen LogP contribution in [-0.2, 0) is 5.75 Å². The molecular weight excluding hydrogens is 244 g/mol. The Hall–Kier alpha value is 0.0500. The molecule has 0 spiro atoms. The Kier molecular flexibility index (Phi) is 4.33. The molecule has 0 fully saturated rings. The number of benzene rings is 1. The van der Waals surface area contributed by atoms with Gasteiger partial charge < -0.3 is 0 Å². The standard InChI is InChI=1S/C11H17BrS/c1-3-13(12,4-2)10-11-8-6-5-7-9-11/h5-9H,3-4,10H2,1-2H3. The van der Waals surface area contributed by atoms with Crippen LogP contribution in [0.15, 0.2) is 30.3 Å². The van der Waals surface area contributed by atoms with Gasteiger partial charge >= 0.3 is 0 Å². The van der Waals surface area contributed by atoms with Crippen molar-refractivity contribution in [2.75, 3.05) is 11.5 Å². The van der Waals surface area contributed by atoms with Gasteiger partial charge in [-0.3, -0.25) is 0 Å². The maximum atomic E-state index is 3.90. The molecule has 0 unspecified atom stereocenters. The second-order valence-electron chi connectivity index (χ2n) is 3.15. The topological polar surface area (TPSA) is 0 Å². The van der Waals surface area contributed by atoms with E-state index in [0.717, 1.165) is 0 Å². The lowest BCUT2D eigenvalue weighted by molar-refractivity contribution is 1.33. The Bertz CT molecular complexity index is 242. The summed E-state index contributed by atoms with van der Waals surface area (Å²) in [4.78, 5) is 0. The molecule has 0 N–H and O–H groups in total. The third-order valence-corrected chi connectivity index (χ3v) is 8.66. The van der Waals surface area contributed by atoms with Gasteiger partial charge in [0.15, 0.2) is 0 Å². The van der Waals surface area contributed by atoms with Crippen molar-refractivity contribution in [3.8, 4) is 0 Å². The van der Waals surface area contributed by atoms with E-state index >= 15 is 0 Å². The summed E-state index contributed by atoms with van der Waals surface area (Å²) >= 11 is 3.90. The molecule has 0 aliphatic rings. The van der Waals surface area contributed by atoms with Gasteiger partial charge in [0.1, 0.15) is 0 Å². The summed E-state index contributed by atoms with van der Waals surface area (Å²) in [5.74, 6) is 3.73. The van der Waals surface area contributed by atoms with Crippen LogP contribution in [0.2, 0.25) is 0 Å². The van der Waals surface area contributed by atoms with Crippen molar-refractivity contribution in [2.24, 2.45) is 0 Å². The maximum Gasteiger partial charge on any atom is 0.0115 e. The summed E-state index contributed by atoms with van der Waals surface area (Å²) in [6.07, 6.45) is 0. The molecule has 1 aromatic carbocycles. The Morgan fingerprint density at radius 3 is 2.08 bits per heavy atom. The highest BCUT2D eigenvalue weighted by atomic mass is 79.9.